The van der Waals surface area contributed by atoms with E-state index in [2.05, 4.69) is 15.1 Å². The molecule has 1 aliphatic rings. The normalized spacial score (nSPS) is 17.9. The van der Waals surface area contributed by atoms with Gasteiger partial charge in [0.25, 0.3) is 5.91 Å². The molecule has 32 heavy (non-hydrogen) atoms. The van der Waals surface area contributed by atoms with E-state index in [-0.39, 0.29) is 17.3 Å². The average Bonchev–Trinajstić information content (AvgIpc) is 3.27. The van der Waals surface area contributed by atoms with Crippen molar-refractivity contribution in [1.29, 1.82) is 0 Å². The van der Waals surface area contributed by atoms with Gasteiger partial charge in [0.15, 0.2) is 11.5 Å². The number of alkyl halides is 3. The monoisotopic (exact) mass is 449 g/mol. The summed E-state index contributed by atoms with van der Waals surface area (Å²) in [6.07, 6.45) is -2.37. The van der Waals surface area contributed by atoms with Gasteiger partial charge in [-0.1, -0.05) is 20.8 Å². The standard InChI is InChI=1S/C22H26F3N5O2/c1-12-19(32-13(2)26-12)20(31)29-9-7-6-8-15(29)14-10-18-27-16(21(3,4)5)11-17(22(23,24)25)30(18)28-14/h10-11,15H,6-9H2,1-5H3/t15-/m1/s1. The lowest BCUT2D eigenvalue weighted by Gasteiger charge is -2.34. The van der Waals surface area contributed by atoms with Crippen LogP contribution < -0.4 is 0 Å². The van der Waals surface area contributed by atoms with Crippen LogP contribution in [0.4, 0.5) is 13.2 Å². The number of hydrogen-bond donors (Lipinski definition) is 0. The Bertz CT molecular complexity index is 1170. The zero-order valence-electron chi connectivity index (χ0n) is 18.7. The number of piperidine rings is 1. The maximum Gasteiger partial charge on any atom is 0.433 e. The second-order valence-corrected chi connectivity index (χ2v) is 9.27. The Kier molecular flexibility index (Phi) is 5.29. The van der Waals surface area contributed by atoms with Gasteiger partial charge in [0.2, 0.25) is 5.76 Å². The summed E-state index contributed by atoms with van der Waals surface area (Å²) in [6.45, 7) is 9.26. The molecule has 0 saturated carbocycles. The number of fused-ring (bicyclic) bond motifs is 1. The number of aromatic nitrogens is 4. The van der Waals surface area contributed by atoms with E-state index < -0.39 is 23.3 Å². The van der Waals surface area contributed by atoms with Crippen LogP contribution in [-0.2, 0) is 11.6 Å². The Morgan fingerprint density at radius 3 is 2.44 bits per heavy atom. The first-order valence-corrected chi connectivity index (χ1v) is 10.6. The number of carbonyl (C=O) groups excluding carboxylic acids is 1. The molecule has 10 heteroatoms. The molecule has 1 fully saturated rings. The van der Waals surface area contributed by atoms with Crippen molar-refractivity contribution in [3.63, 3.8) is 0 Å². The molecule has 0 N–H and O–H groups in total. The van der Waals surface area contributed by atoms with Crippen LogP contribution in [0.2, 0.25) is 0 Å². The number of aryl methyl sites for hydroxylation is 2. The molecular formula is C22H26F3N5O2. The van der Waals surface area contributed by atoms with Gasteiger partial charge in [-0.15, -0.1) is 0 Å². The van der Waals surface area contributed by atoms with Crippen molar-refractivity contribution in [2.45, 2.75) is 71.5 Å². The second kappa shape index (κ2) is 7.60. The van der Waals surface area contributed by atoms with Crippen LogP contribution in [0.15, 0.2) is 16.5 Å². The first-order valence-electron chi connectivity index (χ1n) is 10.6. The van der Waals surface area contributed by atoms with Crippen LogP contribution in [0.3, 0.4) is 0 Å². The highest BCUT2D eigenvalue weighted by Crippen LogP contribution is 2.36. The molecule has 4 rings (SSSR count). The molecule has 4 heterocycles. The highest BCUT2D eigenvalue weighted by Gasteiger charge is 2.38. The summed E-state index contributed by atoms with van der Waals surface area (Å²) in [5, 5.41) is 4.27. The average molecular weight is 449 g/mol. The van der Waals surface area contributed by atoms with E-state index in [0.717, 1.165) is 23.4 Å². The molecule has 7 nitrogen and oxygen atoms in total. The second-order valence-electron chi connectivity index (χ2n) is 9.27. The van der Waals surface area contributed by atoms with E-state index in [1.165, 1.54) is 0 Å². The maximum absolute atomic E-state index is 13.8. The molecule has 3 aromatic heterocycles. The lowest BCUT2D eigenvalue weighted by atomic mass is 9.91. The first-order chi connectivity index (χ1) is 14.9. The molecule has 1 amide bonds. The van der Waals surface area contributed by atoms with Crippen LogP contribution in [0.25, 0.3) is 5.65 Å². The number of oxazole rings is 1. The Morgan fingerprint density at radius 1 is 1.12 bits per heavy atom. The predicted octanol–water partition coefficient (Wildman–Crippen LogP) is 5.02. The van der Waals surface area contributed by atoms with Crippen LogP contribution in [0, 0.1) is 13.8 Å². The van der Waals surface area contributed by atoms with Gasteiger partial charge >= 0.3 is 6.18 Å². The van der Waals surface area contributed by atoms with Gasteiger partial charge in [0.05, 0.1) is 23.1 Å². The van der Waals surface area contributed by atoms with E-state index in [1.54, 1.807) is 24.8 Å². The molecule has 0 unspecified atom stereocenters. The number of hydrogen-bond acceptors (Lipinski definition) is 5. The Morgan fingerprint density at radius 2 is 1.84 bits per heavy atom. The van der Waals surface area contributed by atoms with Gasteiger partial charge in [-0.3, -0.25) is 4.79 Å². The van der Waals surface area contributed by atoms with E-state index >= 15 is 0 Å². The number of rotatable bonds is 2. The summed E-state index contributed by atoms with van der Waals surface area (Å²) >= 11 is 0. The Balaban J connectivity index is 1.80. The highest BCUT2D eigenvalue weighted by atomic mass is 19.4. The smallest absolute Gasteiger partial charge is 0.433 e. The molecule has 0 radical (unpaired) electrons. The molecule has 3 aromatic rings. The van der Waals surface area contributed by atoms with Crippen LogP contribution in [0.1, 0.15) is 85.3 Å². The Hall–Kier alpha value is -2.91. The van der Waals surface area contributed by atoms with Gasteiger partial charge in [0, 0.05) is 24.9 Å². The van der Waals surface area contributed by atoms with Crippen molar-refractivity contribution < 1.29 is 22.4 Å². The van der Waals surface area contributed by atoms with E-state index in [4.69, 9.17) is 4.42 Å². The molecule has 0 bridgehead atoms. The van der Waals surface area contributed by atoms with Crippen molar-refractivity contribution in [2.24, 2.45) is 0 Å². The molecule has 0 aromatic carbocycles. The van der Waals surface area contributed by atoms with E-state index in [0.29, 0.717) is 35.9 Å². The minimum absolute atomic E-state index is 0.115. The lowest BCUT2D eigenvalue weighted by Crippen LogP contribution is -2.38. The molecule has 1 saturated heterocycles. The summed E-state index contributed by atoms with van der Waals surface area (Å²) in [5.74, 6) is 0.215. The quantitative estimate of drug-likeness (QED) is 0.549. The lowest BCUT2D eigenvalue weighted by molar-refractivity contribution is -0.142. The van der Waals surface area contributed by atoms with Gasteiger partial charge in [-0.2, -0.15) is 18.3 Å². The third kappa shape index (κ3) is 3.98. The zero-order chi connectivity index (χ0) is 23.4. The number of amides is 1. The number of halogens is 3. The minimum atomic E-state index is -4.60. The van der Waals surface area contributed by atoms with Crippen molar-refractivity contribution in [3.05, 3.63) is 46.6 Å². The molecule has 1 atom stereocenters. The molecule has 0 aliphatic carbocycles. The van der Waals surface area contributed by atoms with Crippen molar-refractivity contribution in [3.8, 4) is 0 Å². The van der Waals surface area contributed by atoms with Crippen LogP contribution in [0.5, 0.6) is 0 Å². The van der Waals surface area contributed by atoms with Crippen LogP contribution >= 0.6 is 0 Å². The predicted molar refractivity (Wildman–Crippen MR) is 110 cm³/mol. The molecule has 1 aliphatic heterocycles. The molecule has 172 valence electrons. The first kappa shape index (κ1) is 22.3. The fourth-order valence-electron chi connectivity index (χ4n) is 4.08. The van der Waals surface area contributed by atoms with Crippen molar-refractivity contribution >= 4 is 11.6 Å². The highest BCUT2D eigenvalue weighted by molar-refractivity contribution is 5.92. The zero-order valence-corrected chi connectivity index (χ0v) is 18.7. The fourth-order valence-corrected chi connectivity index (χ4v) is 4.08. The number of likely N-dealkylation sites (tertiary alicyclic amines) is 1. The van der Waals surface area contributed by atoms with Gasteiger partial charge in [-0.05, 0) is 32.3 Å². The van der Waals surface area contributed by atoms with E-state index in [9.17, 15) is 18.0 Å². The summed E-state index contributed by atoms with van der Waals surface area (Å²) < 4.78 is 47.9. The van der Waals surface area contributed by atoms with Crippen molar-refractivity contribution in [2.75, 3.05) is 6.54 Å². The van der Waals surface area contributed by atoms with Crippen LogP contribution in [-0.4, -0.2) is 36.9 Å². The van der Waals surface area contributed by atoms with Gasteiger partial charge < -0.3 is 9.32 Å². The SMILES string of the molecule is Cc1nc(C)c(C(=O)N2CCCC[C@@H]2c2cc3nc(C(C)(C)C)cc(C(F)(F)F)n3n2)o1. The topological polar surface area (TPSA) is 76.5 Å². The van der Waals surface area contributed by atoms with Gasteiger partial charge in [-0.25, -0.2) is 14.5 Å². The molecule has 0 spiro atoms. The van der Waals surface area contributed by atoms with Gasteiger partial charge in [0.1, 0.15) is 5.69 Å². The van der Waals surface area contributed by atoms with E-state index in [1.807, 2.05) is 20.8 Å². The third-order valence-electron chi connectivity index (χ3n) is 5.71. The molecular weight excluding hydrogens is 423 g/mol. The summed E-state index contributed by atoms with van der Waals surface area (Å²) in [4.78, 5) is 23.4. The third-order valence-corrected chi connectivity index (χ3v) is 5.71. The maximum atomic E-state index is 13.8. The Labute approximate surface area is 183 Å². The number of nitrogens with zero attached hydrogens (tertiary/aromatic N) is 5. The van der Waals surface area contributed by atoms with Crippen molar-refractivity contribution in [1.82, 2.24) is 24.5 Å². The largest absolute Gasteiger partial charge is 0.436 e. The summed E-state index contributed by atoms with van der Waals surface area (Å²) in [6, 6.07) is 2.13. The summed E-state index contributed by atoms with van der Waals surface area (Å²) in [5.41, 5.74) is -0.133. The fraction of sp³-hybridized carbons (Fsp3) is 0.545. The number of carbonyl (C=O) groups is 1. The minimum Gasteiger partial charge on any atom is -0.436 e. The summed E-state index contributed by atoms with van der Waals surface area (Å²) in [7, 11) is 0.